The average Bonchev–Trinajstić information content (AvgIpc) is 2.90. The van der Waals surface area contributed by atoms with E-state index in [1.54, 1.807) is 6.20 Å². The quantitative estimate of drug-likeness (QED) is 0.341. The first-order chi connectivity index (χ1) is 9.54. The third-order valence-electron chi connectivity index (χ3n) is 2.94. The van der Waals surface area contributed by atoms with Crippen LogP contribution in [0.3, 0.4) is 0 Å². The maximum Gasteiger partial charge on any atom is 0.326 e. The number of carbonyl (C=O) groups is 2. The zero-order chi connectivity index (χ0) is 15.0. The summed E-state index contributed by atoms with van der Waals surface area (Å²) in [5, 5.41) is 11.5. The first kappa shape index (κ1) is 16.1. The van der Waals surface area contributed by atoms with Gasteiger partial charge in [-0.15, -0.1) is 0 Å². The normalized spacial score (nSPS) is 13.7. The highest BCUT2D eigenvalue weighted by molar-refractivity contribution is 5.86. The summed E-state index contributed by atoms with van der Waals surface area (Å²) in [7, 11) is 0. The number of amides is 1. The highest BCUT2D eigenvalue weighted by Gasteiger charge is 2.23. The van der Waals surface area contributed by atoms with Gasteiger partial charge in [0.25, 0.3) is 0 Å². The zero-order valence-electron chi connectivity index (χ0n) is 11.3. The molecular formula is C12H22N5O3+. The summed E-state index contributed by atoms with van der Waals surface area (Å²) in [4.78, 5) is 29.6. The number of nitrogens with zero attached hydrogens (tertiary/aromatic N) is 1. The minimum absolute atomic E-state index is 0.289. The fourth-order valence-corrected chi connectivity index (χ4v) is 1.79. The summed E-state index contributed by atoms with van der Waals surface area (Å²) in [5.74, 6) is -1.52. The number of carboxylic acids is 1. The monoisotopic (exact) mass is 284 g/mol. The zero-order valence-corrected chi connectivity index (χ0v) is 11.3. The van der Waals surface area contributed by atoms with Gasteiger partial charge in [-0.1, -0.05) is 0 Å². The number of hydrogen-bond acceptors (Lipinski definition) is 4. The predicted molar refractivity (Wildman–Crippen MR) is 71.4 cm³/mol. The van der Waals surface area contributed by atoms with Gasteiger partial charge in [-0.25, -0.2) is 9.78 Å². The first-order valence-corrected chi connectivity index (χ1v) is 6.60. The van der Waals surface area contributed by atoms with Gasteiger partial charge in [0, 0.05) is 18.3 Å². The van der Waals surface area contributed by atoms with Crippen molar-refractivity contribution in [1.29, 1.82) is 0 Å². The van der Waals surface area contributed by atoms with Crippen LogP contribution in [-0.4, -0.2) is 45.6 Å². The first-order valence-electron chi connectivity index (χ1n) is 6.60. The van der Waals surface area contributed by atoms with E-state index >= 15 is 0 Å². The molecule has 1 aromatic heterocycles. The predicted octanol–water partition coefficient (Wildman–Crippen LogP) is -1.74. The molecule has 0 aromatic carbocycles. The van der Waals surface area contributed by atoms with Crippen LogP contribution in [0.25, 0.3) is 0 Å². The van der Waals surface area contributed by atoms with Crippen LogP contribution >= 0.6 is 0 Å². The fourth-order valence-electron chi connectivity index (χ4n) is 1.79. The van der Waals surface area contributed by atoms with E-state index < -0.39 is 24.0 Å². The average molecular weight is 284 g/mol. The Morgan fingerprint density at radius 1 is 1.50 bits per heavy atom. The molecular weight excluding hydrogens is 262 g/mol. The highest BCUT2D eigenvalue weighted by atomic mass is 16.4. The van der Waals surface area contributed by atoms with Crippen LogP contribution in [0.2, 0.25) is 0 Å². The molecule has 0 saturated heterocycles. The molecule has 2 atom stereocenters. The number of quaternary nitrogens is 1. The number of nitrogens with two attached hydrogens (primary N) is 1. The SMILES string of the molecule is N[C@@H](Cc1cnc[nH]1)C(=O)N[C@@H](CCCC[NH3+])C(=O)O. The number of hydrogen-bond donors (Lipinski definition) is 5. The van der Waals surface area contributed by atoms with Crippen molar-refractivity contribution >= 4 is 11.9 Å². The lowest BCUT2D eigenvalue weighted by molar-refractivity contribution is -0.368. The lowest BCUT2D eigenvalue weighted by Crippen LogP contribution is -2.51. The third kappa shape index (κ3) is 5.37. The molecule has 1 amide bonds. The summed E-state index contributed by atoms with van der Waals surface area (Å²) in [6.07, 6.45) is 5.29. The molecule has 0 aliphatic carbocycles. The number of carboxylic acid groups (broad SMARTS) is 1. The van der Waals surface area contributed by atoms with E-state index in [2.05, 4.69) is 21.0 Å². The van der Waals surface area contributed by atoms with Gasteiger partial charge in [-0.3, -0.25) is 4.79 Å². The number of unbranched alkanes of at least 4 members (excludes halogenated alkanes) is 1. The molecule has 0 spiro atoms. The maximum absolute atomic E-state index is 11.9. The molecule has 8 heteroatoms. The molecule has 1 heterocycles. The van der Waals surface area contributed by atoms with E-state index in [9.17, 15) is 9.59 Å². The largest absolute Gasteiger partial charge is 0.480 e. The van der Waals surface area contributed by atoms with Crippen molar-refractivity contribution < 1.29 is 20.4 Å². The number of rotatable bonds is 9. The van der Waals surface area contributed by atoms with Gasteiger partial charge in [-0.2, -0.15) is 0 Å². The van der Waals surface area contributed by atoms with E-state index in [1.807, 2.05) is 0 Å². The number of aromatic amines is 1. The lowest BCUT2D eigenvalue weighted by Gasteiger charge is -2.17. The van der Waals surface area contributed by atoms with E-state index in [0.717, 1.165) is 18.7 Å². The molecule has 0 aliphatic heterocycles. The Balaban J connectivity index is 2.45. The Hall–Kier alpha value is -1.93. The van der Waals surface area contributed by atoms with Crippen LogP contribution in [0, 0.1) is 0 Å². The Kier molecular flexibility index (Phi) is 6.68. The summed E-state index contributed by atoms with van der Waals surface area (Å²) in [5.41, 5.74) is 10.2. The van der Waals surface area contributed by atoms with E-state index in [1.165, 1.54) is 6.33 Å². The standard InChI is InChI=1S/C12H21N5O3/c13-4-2-1-3-10(12(19)20)17-11(18)9(14)5-8-6-15-7-16-8/h6-7,9-10H,1-5,13-14H2,(H,15,16)(H,17,18)(H,19,20)/p+1/t9-,10-/m0/s1. The van der Waals surface area contributed by atoms with Gasteiger partial charge >= 0.3 is 5.97 Å². The summed E-state index contributed by atoms with van der Waals surface area (Å²) in [6.45, 7) is 0.750. The second-order valence-corrected chi connectivity index (χ2v) is 4.64. The van der Waals surface area contributed by atoms with Gasteiger partial charge in [0.2, 0.25) is 5.91 Å². The molecule has 20 heavy (non-hydrogen) atoms. The molecule has 1 aromatic rings. The molecule has 0 aliphatic rings. The van der Waals surface area contributed by atoms with E-state index in [0.29, 0.717) is 12.8 Å². The smallest absolute Gasteiger partial charge is 0.326 e. The minimum atomic E-state index is -1.05. The molecule has 0 fully saturated rings. The number of aromatic nitrogens is 2. The second-order valence-electron chi connectivity index (χ2n) is 4.64. The topological polar surface area (TPSA) is 149 Å². The molecule has 8 N–H and O–H groups in total. The van der Waals surface area contributed by atoms with Crippen molar-refractivity contribution in [3.63, 3.8) is 0 Å². The van der Waals surface area contributed by atoms with Crippen molar-refractivity contribution in [2.45, 2.75) is 37.8 Å². The Labute approximate surface area is 116 Å². The van der Waals surface area contributed by atoms with E-state index in [-0.39, 0.29) is 6.42 Å². The third-order valence-corrected chi connectivity index (χ3v) is 2.94. The Morgan fingerprint density at radius 2 is 2.25 bits per heavy atom. The number of H-pyrrole nitrogens is 1. The summed E-state index contributed by atoms with van der Waals surface area (Å²) in [6, 6.07) is -1.70. The van der Waals surface area contributed by atoms with Crippen molar-refractivity contribution in [2.75, 3.05) is 6.54 Å². The van der Waals surface area contributed by atoms with Crippen molar-refractivity contribution in [1.82, 2.24) is 15.3 Å². The van der Waals surface area contributed by atoms with Crippen LogP contribution in [0.5, 0.6) is 0 Å². The maximum atomic E-state index is 11.9. The van der Waals surface area contributed by atoms with Crippen LogP contribution in [0.4, 0.5) is 0 Å². The van der Waals surface area contributed by atoms with Crippen molar-refractivity contribution in [2.24, 2.45) is 5.73 Å². The van der Waals surface area contributed by atoms with E-state index in [4.69, 9.17) is 10.8 Å². The molecule has 0 unspecified atom stereocenters. The van der Waals surface area contributed by atoms with Gasteiger partial charge in [-0.05, 0) is 19.3 Å². The minimum Gasteiger partial charge on any atom is -0.480 e. The molecule has 1 rings (SSSR count). The van der Waals surface area contributed by atoms with Crippen LogP contribution in [0.15, 0.2) is 12.5 Å². The highest BCUT2D eigenvalue weighted by Crippen LogP contribution is 2.02. The van der Waals surface area contributed by atoms with Gasteiger partial charge in [0.1, 0.15) is 6.04 Å². The number of nitrogens with one attached hydrogen (secondary N) is 2. The molecule has 0 bridgehead atoms. The molecule has 0 saturated carbocycles. The van der Waals surface area contributed by atoms with Crippen LogP contribution < -0.4 is 16.8 Å². The Bertz CT molecular complexity index is 421. The number of imidazole rings is 1. The molecule has 0 radical (unpaired) electrons. The number of aliphatic carboxylic acids is 1. The second kappa shape index (κ2) is 8.28. The summed E-state index contributed by atoms with van der Waals surface area (Å²) >= 11 is 0. The van der Waals surface area contributed by atoms with Gasteiger partial charge in [0.05, 0.1) is 18.9 Å². The van der Waals surface area contributed by atoms with Crippen LogP contribution in [0.1, 0.15) is 25.0 Å². The fraction of sp³-hybridized carbons (Fsp3) is 0.583. The molecule has 8 nitrogen and oxygen atoms in total. The summed E-state index contributed by atoms with van der Waals surface area (Å²) < 4.78 is 0. The Morgan fingerprint density at radius 3 is 2.80 bits per heavy atom. The van der Waals surface area contributed by atoms with Gasteiger partial charge in [0.15, 0.2) is 0 Å². The van der Waals surface area contributed by atoms with Crippen molar-refractivity contribution in [3.05, 3.63) is 18.2 Å². The van der Waals surface area contributed by atoms with Gasteiger partial charge < -0.3 is 26.9 Å². The number of carbonyl (C=O) groups excluding carboxylic acids is 1. The van der Waals surface area contributed by atoms with Crippen molar-refractivity contribution in [3.8, 4) is 0 Å². The van der Waals surface area contributed by atoms with Crippen LogP contribution in [-0.2, 0) is 16.0 Å². The molecule has 112 valence electrons. The lowest BCUT2D eigenvalue weighted by atomic mass is 10.1.